The van der Waals surface area contributed by atoms with Crippen LogP contribution in [-0.2, 0) is 10.9 Å². The molecule has 1 amide bonds. The lowest BCUT2D eigenvalue weighted by Gasteiger charge is -2.29. The van der Waals surface area contributed by atoms with E-state index in [-0.39, 0.29) is 17.2 Å². The Bertz CT molecular complexity index is 1630. The quantitative estimate of drug-likeness (QED) is 0.194. The molecular formula is C30H28F4N6O2. The van der Waals surface area contributed by atoms with Gasteiger partial charge in [-0.2, -0.15) is 18.4 Å². The molecule has 2 aromatic heterocycles. The van der Waals surface area contributed by atoms with Crippen LogP contribution in [0.3, 0.4) is 0 Å². The van der Waals surface area contributed by atoms with Crippen LogP contribution in [0.25, 0.3) is 10.9 Å². The van der Waals surface area contributed by atoms with Crippen LogP contribution in [0.1, 0.15) is 50.4 Å². The SMILES string of the molecule is C[C@H](NC(=O)OC(C)(C)C)[C@H](Nc1nc(Nc2ccc3ncccc3c2)c(C#N)cc1F)c1ccc(C(F)(F)F)cc1. The molecule has 0 saturated heterocycles. The van der Waals surface area contributed by atoms with Gasteiger partial charge in [-0.15, -0.1) is 0 Å². The van der Waals surface area contributed by atoms with Gasteiger partial charge < -0.3 is 20.7 Å². The maximum absolute atomic E-state index is 15.2. The van der Waals surface area contributed by atoms with Crippen molar-refractivity contribution in [3.8, 4) is 6.07 Å². The minimum atomic E-state index is -4.55. The second kappa shape index (κ2) is 11.9. The van der Waals surface area contributed by atoms with E-state index in [4.69, 9.17) is 4.74 Å². The van der Waals surface area contributed by atoms with Crippen LogP contribution in [0.5, 0.6) is 0 Å². The summed E-state index contributed by atoms with van der Waals surface area (Å²) in [6.45, 7) is 6.63. The van der Waals surface area contributed by atoms with E-state index in [1.807, 2.05) is 12.1 Å². The molecule has 42 heavy (non-hydrogen) atoms. The number of pyridine rings is 2. The van der Waals surface area contributed by atoms with Gasteiger partial charge in [0.15, 0.2) is 17.5 Å². The molecule has 0 spiro atoms. The molecule has 8 nitrogen and oxygen atoms in total. The molecule has 0 saturated carbocycles. The van der Waals surface area contributed by atoms with Crippen LogP contribution < -0.4 is 16.0 Å². The van der Waals surface area contributed by atoms with Gasteiger partial charge >= 0.3 is 12.3 Å². The number of carbonyl (C=O) groups is 1. The van der Waals surface area contributed by atoms with Gasteiger partial charge in [-0.1, -0.05) is 18.2 Å². The number of halogens is 4. The van der Waals surface area contributed by atoms with Crippen molar-refractivity contribution in [2.75, 3.05) is 10.6 Å². The Kier molecular flexibility index (Phi) is 8.51. The first kappa shape index (κ1) is 30.0. The molecule has 4 rings (SSSR count). The number of alkyl halides is 3. The number of aromatic nitrogens is 2. The molecule has 0 unspecified atom stereocenters. The summed E-state index contributed by atoms with van der Waals surface area (Å²) >= 11 is 0. The zero-order valence-electron chi connectivity index (χ0n) is 23.2. The normalized spacial score (nSPS) is 13.1. The summed E-state index contributed by atoms with van der Waals surface area (Å²) in [5.74, 6) is -1.12. The summed E-state index contributed by atoms with van der Waals surface area (Å²) in [7, 11) is 0. The molecule has 0 aliphatic heterocycles. The molecule has 2 aromatic carbocycles. The highest BCUT2D eigenvalue weighted by Gasteiger charge is 2.31. The van der Waals surface area contributed by atoms with Gasteiger partial charge in [0, 0.05) is 17.3 Å². The summed E-state index contributed by atoms with van der Waals surface area (Å²) in [5.41, 5.74) is -0.108. The van der Waals surface area contributed by atoms with Gasteiger partial charge in [0.2, 0.25) is 0 Å². The van der Waals surface area contributed by atoms with Gasteiger partial charge in [-0.3, -0.25) is 4.98 Å². The van der Waals surface area contributed by atoms with Gasteiger partial charge in [0.1, 0.15) is 11.7 Å². The monoisotopic (exact) mass is 580 g/mol. The fraction of sp³-hybridized carbons (Fsp3) is 0.267. The van der Waals surface area contributed by atoms with Crippen molar-refractivity contribution in [2.45, 2.75) is 51.6 Å². The van der Waals surface area contributed by atoms with E-state index in [1.54, 1.807) is 58.2 Å². The highest BCUT2D eigenvalue weighted by atomic mass is 19.4. The van der Waals surface area contributed by atoms with Crippen molar-refractivity contribution in [1.82, 2.24) is 15.3 Å². The number of nitriles is 1. The van der Waals surface area contributed by atoms with E-state index in [1.165, 1.54) is 12.1 Å². The van der Waals surface area contributed by atoms with Crippen molar-refractivity contribution in [2.24, 2.45) is 0 Å². The number of ether oxygens (including phenoxy) is 1. The van der Waals surface area contributed by atoms with E-state index in [0.29, 0.717) is 11.3 Å². The van der Waals surface area contributed by atoms with Crippen LogP contribution in [0.2, 0.25) is 0 Å². The number of hydrogen-bond donors (Lipinski definition) is 3. The van der Waals surface area contributed by atoms with E-state index in [2.05, 4.69) is 25.9 Å². The molecule has 0 aliphatic rings. The molecular weight excluding hydrogens is 552 g/mol. The van der Waals surface area contributed by atoms with Gasteiger partial charge in [-0.25, -0.2) is 14.2 Å². The lowest BCUT2D eigenvalue weighted by Crippen LogP contribution is -2.42. The zero-order valence-corrected chi connectivity index (χ0v) is 23.2. The standard InChI is InChI=1S/C30H28F4N6O2/c1-17(37-28(41)42-29(2,3)4)25(18-7-9-21(10-8-18)30(32,33)34)39-27-23(31)15-20(16-35)26(40-27)38-22-11-12-24-19(14-22)6-5-13-36-24/h5-15,17,25H,1-4H3,(H,37,41)(H2,38,39,40)/t17-,25-/m0/s1. The van der Waals surface area contributed by atoms with Crippen molar-refractivity contribution in [3.05, 3.63) is 89.4 Å². The number of carbonyl (C=O) groups excluding carboxylic acids is 1. The molecule has 3 N–H and O–H groups in total. The minimum Gasteiger partial charge on any atom is -0.444 e. The Balaban J connectivity index is 1.69. The van der Waals surface area contributed by atoms with Gasteiger partial charge in [0.25, 0.3) is 0 Å². The number of alkyl carbamates (subject to hydrolysis) is 1. The first-order valence-corrected chi connectivity index (χ1v) is 12.9. The van der Waals surface area contributed by atoms with Crippen molar-refractivity contribution >= 4 is 34.3 Å². The molecule has 2 heterocycles. The topological polar surface area (TPSA) is 112 Å². The first-order chi connectivity index (χ1) is 19.7. The van der Waals surface area contributed by atoms with E-state index >= 15 is 4.39 Å². The highest BCUT2D eigenvalue weighted by Crippen LogP contribution is 2.32. The smallest absolute Gasteiger partial charge is 0.416 e. The number of hydrogen-bond acceptors (Lipinski definition) is 7. The average molecular weight is 581 g/mol. The number of nitrogens with zero attached hydrogens (tertiary/aromatic N) is 3. The van der Waals surface area contributed by atoms with Crippen LogP contribution in [-0.4, -0.2) is 27.7 Å². The molecule has 4 aromatic rings. The van der Waals surface area contributed by atoms with E-state index < -0.39 is 41.3 Å². The summed E-state index contributed by atoms with van der Waals surface area (Å²) in [6.07, 6.45) is -3.66. The summed E-state index contributed by atoms with van der Waals surface area (Å²) in [6, 6.07) is 14.3. The Labute approximate surface area is 239 Å². The summed E-state index contributed by atoms with van der Waals surface area (Å²) in [5, 5.41) is 19.0. The number of amides is 1. The van der Waals surface area contributed by atoms with Crippen LogP contribution in [0.4, 0.5) is 39.7 Å². The van der Waals surface area contributed by atoms with Gasteiger partial charge in [-0.05, 0) is 75.7 Å². The average Bonchev–Trinajstić information content (AvgIpc) is 2.91. The maximum Gasteiger partial charge on any atom is 0.416 e. The third kappa shape index (κ3) is 7.42. The number of nitrogens with one attached hydrogen (secondary N) is 3. The fourth-order valence-electron chi connectivity index (χ4n) is 4.16. The number of anilines is 3. The lowest BCUT2D eigenvalue weighted by molar-refractivity contribution is -0.137. The number of rotatable bonds is 7. The maximum atomic E-state index is 15.2. The molecule has 2 atom stereocenters. The first-order valence-electron chi connectivity index (χ1n) is 12.9. The van der Waals surface area contributed by atoms with Crippen LogP contribution in [0, 0.1) is 17.1 Å². The molecule has 0 fully saturated rings. The highest BCUT2D eigenvalue weighted by molar-refractivity contribution is 5.83. The molecule has 12 heteroatoms. The van der Waals surface area contributed by atoms with E-state index in [9.17, 15) is 23.2 Å². The predicted molar refractivity (Wildman–Crippen MR) is 151 cm³/mol. The second-order valence-electron chi connectivity index (χ2n) is 10.5. The number of fused-ring (bicyclic) bond motifs is 1. The van der Waals surface area contributed by atoms with Crippen LogP contribution >= 0.6 is 0 Å². The molecule has 0 radical (unpaired) electrons. The van der Waals surface area contributed by atoms with E-state index in [0.717, 1.165) is 29.1 Å². The summed E-state index contributed by atoms with van der Waals surface area (Å²) in [4.78, 5) is 21.1. The van der Waals surface area contributed by atoms with Gasteiger partial charge in [0.05, 0.1) is 28.7 Å². The lowest BCUT2D eigenvalue weighted by atomic mass is 9.98. The molecule has 0 aliphatic carbocycles. The fourth-order valence-corrected chi connectivity index (χ4v) is 4.16. The predicted octanol–water partition coefficient (Wildman–Crippen LogP) is 7.47. The van der Waals surface area contributed by atoms with Crippen molar-refractivity contribution in [1.29, 1.82) is 5.26 Å². The Morgan fingerprint density at radius 2 is 1.74 bits per heavy atom. The van der Waals surface area contributed by atoms with Crippen molar-refractivity contribution in [3.63, 3.8) is 0 Å². The third-order valence-electron chi connectivity index (χ3n) is 6.10. The Hall–Kier alpha value is -4.92. The summed E-state index contributed by atoms with van der Waals surface area (Å²) < 4.78 is 60.2. The zero-order chi connectivity index (χ0) is 30.7. The third-order valence-corrected chi connectivity index (χ3v) is 6.10. The van der Waals surface area contributed by atoms with Crippen molar-refractivity contribution < 1.29 is 27.1 Å². The Morgan fingerprint density at radius 3 is 2.38 bits per heavy atom. The largest absolute Gasteiger partial charge is 0.444 e. The second-order valence-corrected chi connectivity index (χ2v) is 10.5. The molecule has 0 bridgehead atoms. The van der Waals surface area contributed by atoms with Crippen LogP contribution in [0.15, 0.2) is 66.9 Å². The Morgan fingerprint density at radius 1 is 1.02 bits per heavy atom. The number of benzene rings is 2. The molecule has 218 valence electrons. The minimum absolute atomic E-state index is 0.0450.